The van der Waals surface area contributed by atoms with Gasteiger partial charge in [0.1, 0.15) is 5.69 Å². The van der Waals surface area contributed by atoms with Crippen molar-refractivity contribution in [3.8, 4) is 0 Å². The molecule has 0 atom stereocenters. The lowest BCUT2D eigenvalue weighted by Crippen LogP contribution is -2.07. The number of nitrogens with zero attached hydrogens (tertiary/aromatic N) is 2. The molecule has 1 heterocycles. The summed E-state index contributed by atoms with van der Waals surface area (Å²) in [6.07, 6.45) is 1.61. The molecule has 0 bridgehead atoms. The molecule has 0 spiro atoms. The SMILES string of the molecule is OCCOCCOCc1cn[nH]n1. The highest BCUT2D eigenvalue weighted by molar-refractivity contribution is 4.86. The van der Waals surface area contributed by atoms with Crippen molar-refractivity contribution >= 4 is 0 Å². The molecule has 6 heteroatoms. The van der Waals surface area contributed by atoms with Gasteiger partial charge in [-0.2, -0.15) is 15.4 Å². The standard InChI is InChI=1S/C7H13N3O3/c11-1-2-12-3-4-13-6-7-5-8-10-9-7/h5,11H,1-4,6H2,(H,8,9,10). The first kappa shape index (κ1) is 10.1. The third-order valence-electron chi connectivity index (χ3n) is 1.32. The molecule has 0 saturated heterocycles. The summed E-state index contributed by atoms with van der Waals surface area (Å²) in [6.45, 7) is 1.81. The number of aromatic nitrogens is 3. The van der Waals surface area contributed by atoms with Gasteiger partial charge in [-0.15, -0.1) is 0 Å². The number of nitrogens with one attached hydrogen (secondary N) is 1. The molecule has 0 fully saturated rings. The third-order valence-corrected chi connectivity index (χ3v) is 1.32. The highest BCUT2D eigenvalue weighted by Gasteiger charge is 1.94. The summed E-state index contributed by atoms with van der Waals surface area (Å²) >= 11 is 0. The maximum atomic E-state index is 8.38. The van der Waals surface area contributed by atoms with Crippen LogP contribution in [0.2, 0.25) is 0 Å². The zero-order valence-electron chi connectivity index (χ0n) is 7.27. The second-order valence-corrected chi connectivity index (χ2v) is 2.35. The summed E-state index contributed by atoms with van der Waals surface area (Å²) in [5, 5.41) is 18.3. The van der Waals surface area contributed by atoms with Crippen molar-refractivity contribution in [1.29, 1.82) is 0 Å². The molecule has 0 aliphatic heterocycles. The molecule has 0 aromatic carbocycles. The van der Waals surface area contributed by atoms with Gasteiger partial charge >= 0.3 is 0 Å². The number of aliphatic hydroxyl groups is 1. The molecule has 13 heavy (non-hydrogen) atoms. The number of ether oxygens (including phenoxy) is 2. The van der Waals surface area contributed by atoms with Crippen LogP contribution in [0.25, 0.3) is 0 Å². The van der Waals surface area contributed by atoms with Gasteiger partial charge in [-0.05, 0) is 0 Å². The van der Waals surface area contributed by atoms with Crippen LogP contribution in [0.5, 0.6) is 0 Å². The summed E-state index contributed by atoms with van der Waals surface area (Å²) in [4.78, 5) is 0. The normalized spacial score (nSPS) is 10.5. The predicted molar refractivity (Wildman–Crippen MR) is 43.9 cm³/mol. The molecule has 0 unspecified atom stereocenters. The van der Waals surface area contributed by atoms with Crippen LogP contribution in [0.1, 0.15) is 5.69 Å². The number of H-pyrrole nitrogens is 1. The Morgan fingerprint density at radius 2 is 2.15 bits per heavy atom. The van der Waals surface area contributed by atoms with Crippen molar-refractivity contribution < 1.29 is 14.6 Å². The van der Waals surface area contributed by atoms with Crippen LogP contribution in [0.4, 0.5) is 0 Å². The molecule has 0 aliphatic rings. The van der Waals surface area contributed by atoms with Gasteiger partial charge in [0.05, 0.1) is 39.2 Å². The van der Waals surface area contributed by atoms with Crippen LogP contribution in [0, 0.1) is 0 Å². The van der Waals surface area contributed by atoms with Crippen molar-refractivity contribution in [3.05, 3.63) is 11.9 Å². The first-order valence-electron chi connectivity index (χ1n) is 4.04. The Bertz CT molecular complexity index is 203. The summed E-state index contributed by atoms with van der Waals surface area (Å²) in [6, 6.07) is 0. The van der Waals surface area contributed by atoms with Gasteiger partial charge in [-0.3, -0.25) is 0 Å². The van der Waals surface area contributed by atoms with Gasteiger partial charge in [0.25, 0.3) is 0 Å². The molecule has 6 nitrogen and oxygen atoms in total. The largest absolute Gasteiger partial charge is 0.394 e. The molecule has 1 aromatic rings. The lowest BCUT2D eigenvalue weighted by molar-refractivity contribution is 0.0265. The van der Waals surface area contributed by atoms with E-state index in [9.17, 15) is 0 Å². The van der Waals surface area contributed by atoms with Crippen LogP contribution in [-0.4, -0.2) is 46.9 Å². The molecule has 1 aromatic heterocycles. The Hall–Kier alpha value is -0.980. The molecule has 0 amide bonds. The van der Waals surface area contributed by atoms with Gasteiger partial charge < -0.3 is 14.6 Å². The predicted octanol–water partition coefficient (Wildman–Crippen LogP) is -0.670. The highest BCUT2D eigenvalue weighted by atomic mass is 16.5. The lowest BCUT2D eigenvalue weighted by Gasteiger charge is -2.02. The summed E-state index contributed by atoms with van der Waals surface area (Å²) in [5.41, 5.74) is 0.766. The smallest absolute Gasteiger partial charge is 0.108 e. The maximum absolute atomic E-state index is 8.38. The fourth-order valence-corrected chi connectivity index (χ4v) is 0.756. The Labute approximate surface area is 75.9 Å². The Morgan fingerprint density at radius 1 is 1.31 bits per heavy atom. The fourth-order valence-electron chi connectivity index (χ4n) is 0.756. The van der Waals surface area contributed by atoms with E-state index in [0.29, 0.717) is 26.4 Å². The Kier molecular flexibility index (Phi) is 5.07. The van der Waals surface area contributed by atoms with Gasteiger partial charge in [-0.25, -0.2) is 0 Å². The monoisotopic (exact) mass is 187 g/mol. The van der Waals surface area contributed by atoms with E-state index in [1.807, 2.05) is 0 Å². The summed E-state index contributed by atoms with van der Waals surface area (Å²) in [5.74, 6) is 0. The topological polar surface area (TPSA) is 80.3 Å². The average Bonchev–Trinajstić information content (AvgIpc) is 2.63. The number of hydrogen-bond acceptors (Lipinski definition) is 5. The van der Waals surface area contributed by atoms with Gasteiger partial charge in [-0.1, -0.05) is 0 Å². The summed E-state index contributed by atoms with van der Waals surface area (Å²) in [7, 11) is 0. The van der Waals surface area contributed by atoms with Gasteiger partial charge in [0.15, 0.2) is 0 Å². The maximum Gasteiger partial charge on any atom is 0.108 e. The molecule has 1 rings (SSSR count). The van der Waals surface area contributed by atoms with E-state index in [2.05, 4.69) is 15.4 Å². The van der Waals surface area contributed by atoms with Crippen LogP contribution in [-0.2, 0) is 16.1 Å². The van der Waals surface area contributed by atoms with Crippen molar-refractivity contribution in [2.75, 3.05) is 26.4 Å². The first-order valence-corrected chi connectivity index (χ1v) is 4.04. The fraction of sp³-hybridized carbons (Fsp3) is 0.714. The molecular weight excluding hydrogens is 174 g/mol. The zero-order chi connectivity index (χ0) is 9.36. The van der Waals surface area contributed by atoms with Gasteiger partial charge in [0, 0.05) is 0 Å². The second-order valence-electron chi connectivity index (χ2n) is 2.35. The second kappa shape index (κ2) is 6.53. The number of aromatic amines is 1. The lowest BCUT2D eigenvalue weighted by atomic mass is 10.5. The van der Waals surface area contributed by atoms with Crippen molar-refractivity contribution in [2.45, 2.75) is 6.61 Å². The minimum absolute atomic E-state index is 0.0449. The van der Waals surface area contributed by atoms with E-state index >= 15 is 0 Å². The van der Waals surface area contributed by atoms with E-state index in [-0.39, 0.29) is 6.61 Å². The van der Waals surface area contributed by atoms with E-state index in [4.69, 9.17) is 14.6 Å². The number of hydrogen-bond donors (Lipinski definition) is 2. The van der Waals surface area contributed by atoms with E-state index in [0.717, 1.165) is 5.69 Å². The minimum Gasteiger partial charge on any atom is -0.394 e. The van der Waals surface area contributed by atoms with Crippen LogP contribution >= 0.6 is 0 Å². The molecule has 0 radical (unpaired) electrons. The minimum atomic E-state index is 0.0449. The van der Waals surface area contributed by atoms with Crippen LogP contribution in [0.3, 0.4) is 0 Å². The molecule has 2 N–H and O–H groups in total. The summed E-state index contributed by atoms with van der Waals surface area (Å²) < 4.78 is 10.2. The number of aliphatic hydroxyl groups excluding tert-OH is 1. The zero-order valence-corrected chi connectivity index (χ0v) is 7.27. The molecule has 74 valence electrons. The third kappa shape index (κ3) is 4.56. The Balaban J connectivity index is 1.90. The average molecular weight is 187 g/mol. The number of rotatable bonds is 7. The molecule has 0 saturated carbocycles. The van der Waals surface area contributed by atoms with Crippen LogP contribution in [0.15, 0.2) is 6.20 Å². The quantitative estimate of drug-likeness (QED) is 0.553. The van der Waals surface area contributed by atoms with E-state index in [1.54, 1.807) is 6.20 Å². The van der Waals surface area contributed by atoms with E-state index < -0.39 is 0 Å². The van der Waals surface area contributed by atoms with E-state index in [1.165, 1.54) is 0 Å². The highest BCUT2D eigenvalue weighted by Crippen LogP contribution is 1.91. The van der Waals surface area contributed by atoms with Crippen molar-refractivity contribution in [2.24, 2.45) is 0 Å². The van der Waals surface area contributed by atoms with Crippen molar-refractivity contribution in [1.82, 2.24) is 15.4 Å². The first-order chi connectivity index (χ1) is 6.43. The Morgan fingerprint density at radius 3 is 2.85 bits per heavy atom. The van der Waals surface area contributed by atoms with Crippen LogP contribution < -0.4 is 0 Å². The molecular formula is C7H13N3O3. The van der Waals surface area contributed by atoms with Crippen molar-refractivity contribution in [3.63, 3.8) is 0 Å². The van der Waals surface area contributed by atoms with Gasteiger partial charge in [0.2, 0.25) is 0 Å². The molecule has 0 aliphatic carbocycles.